The molecule has 0 saturated heterocycles. The molecule has 0 bridgehead atoms. The van der Waals surface area contributed by atoms with Gasteiger partial charge in [-0.25, -0.2) is 4.79 Å². The molecule has 4 nitrogen and oxygen atoms in total. The summed E-state index contributed by atoms with van der Waals surface area (Å²) in [6.07, 6.45) is 0. The fourth-order valence-corrected chi connectivity index (χ4v) is 0.939. The van der Waals surface area contributed by atoms with Crippen molar-refractivity contribution in [2.45, 2.75) is 0 Å². The van der Waals surface area contributed by atoms with Crippen molar-refractivity contribution in [1.82, 2.24) is 10.6 Å². The molecule has 0 unspecified atom stereocenters. The van der Waals surface area contributed by atoms with Gasteiger partial charge in [0.15, 0.2) is 0 Å². The Balaban J connectivity index is 2.13. The van der Waals surface area contributed by atoms with Crippen LogP contribution in [0, 0.1) is 0 Å². The third kappa shape index (κ3) is 3.80. The maximum absolute atomic E-state index is 10.7. The summed E-state index contributed by atoms with van der Waals surface area (Å²) in [5, 5.41) is 5.09. The molecule has 1 rings (SSSR count). The first-order chi connectivity index (χ1) is 6.83. The Labute approximate surface area is 83.3 Å². The summed E-state index contributed by atoms with van der Waals surface area (Å²) in [5.74, 6) is 0.811. The van der Waals surface area contributed by atoms with Crippen LogP contribution in [-0.4, -0.2) is 26.2 Å². The SMILES string of the molecule is CNC(=O)NCCOc1ccccc1. The smallest absolute Gasteiger partial charge is 0.314 e. The summed E-state index contributed by atoms with van der Waals surface area (Å²) in [6, 6.07) is 9.29. The van der Waals surface area contributed by atoms with E-state index in [0.717, 1.165) is 5.75 Å². The molecule has 0 atom stereocenters. The number of ether oxygens (including phenoxy) is 1. The van der Waals surface area contributed by atoms with Crippen LogP contribution in [0.4, 0.5) is 4.79 Å². The van der Waals surface area contributed by atoms with Gasteiger partial charge in [0, 0.05) is 7.05 Å². The van der Waals surface area contributed by atoms with E-state index in [2.05, 4.69) is 10.6 Å². The Bertz CT molecular complexity index is 275. The third-order valence-electron chi connectivity index (χ3n) is 1.63. The summed E-state index contributed by atoms with van der Waals surface area (Å²) in [7, 11) is 1.58. The lowest BCUT2D eigenvalue weighted by Crippen LogP contribution is -2.35. The standard InChI is InChI=1S/C10H14N2O2/c1-11-10(13)12-7-8-14-9-5-3-2-4-6-9/h2-6H,7-8H2,1H3,(H2,11,12,13). The van der Waals surface area contributed by atoms with Gasteiger partial charge in [0.05, 0.1) is 6.54 Å². The van der Waals surface area contributed by atoms with Gasteiger partial charge in [-0.2, -0.15) is 0 Å². The number of hydrogen-bond donors (Lipinski definition) is 2. The molecule has 0 aliphatic heterocycles. The van der Waals surface area contributed by atoms with E-state index in [4.69, 9.17) is 4.74 Å². The van der Waals surface area contributed by atoms with Crippen LogP contribution in [0.2, 0.25) is 0 Å². The second-order valence-corrected chi connectivity index (χ2v) is 2.67. The molecule has 0 aliphatic carbocycles. The van der Waals surface area contributed by atoms with Crippen LogP contribution in [0.1, 0.15) is 0 Å². The minimum absolute atomic E-state index is 0.193. The maximum atomic E-state index is 10.7. The lowest BCUT2D eigenvalue weighted by molar-refractivity contribution is 0.238. The van der Waals surface area contributed by atoms with Crippen LogP contribution in [0.15, 0.2) is 30.3 Å². The van der Waals surface area contributed by atoms with Crippen molar-refractivity contribution in [1.29, 1.82) is 0 Å². The molecule has 14 heavy (non-hydrogen) atoms. The third-order valence-corrected chi connectivity index (χ3v) is 1.63. The van der Waals surface area contributed by atoms with Gasteiger partial charge in [0.25, 0.3) is 0 Å². The first-order valence-electron chi connectivity index (χ1n) is 4.46. The van der Waals surface area contributed by atoms with Crippen LogP contribution in [-0.2, 0) is 0 Å². The number of rotatable bonds is 4. The van der Waals surface area contributed by atoms with E-state index >= 15 is 0 Å². The lowest BCUT2D eigenvalue weighted by atomic mass is 10.3. The first-order valence-corrected chi connectivity index (χ1v) is 4.46. The largest absolute Gasteiger partial charge is 0.492 e. The van der Waals surface area contributed by atoms with E-state index < -0.39 is 0 Å². The highest BCUT2D eigenvalue weighted by atomic mass is 16.5. The van der Waals surface area contributed by atoms with Crippen molar-refractivity contribution in [3.63, 3.8) is 0 Å². The summed E-state index contributed by atoms with van der Waals surface area (Å²) in [4.78, 5) is 10.7. The summed E-state index contributed by atoms with van der Waals surface area (Å²) in [6.45, 7) is 0.964. The van der Waals surface area contributed by atoms with Crippen LogP contribution >= 0.6 is 0 Å². The van der Waals surface area contributed by atoms with Crippen molar-refractivity contribution in [3.8, 4) is 5.75 Å². The Morgan fingerprint density at radius 1 is 1.36 bits per heavy atom. The summed E-state index contributed by atoms with van der Waals surface area (Å²) < 4.78 is 5.36. The highest BCUT2D eigenvalue weighted by Crippen LogP contribution is 2.07. The van der Waals surface area contributed by atoms with Crippen molar-refractivity contribution in [3.05, 3.63) is 30.3 Å². The van der Waals surface area contributed by atoms with Crippen molar-refractivity contribution < 1.29 is 9.53 Å². The quantitative estimate of drug-likeness (QED) is 0.702. The predicted molar refractivity (Wildman–Crippen MR) is 54.4 cm³/mol. The van der Waals surface area contributed by atoms with E-state index in [1.807, 2.05) is 30.3 Å². The van der Waals surface area contributed by atoms with Gasteiger partial charge < -0.3 is 15.4 Å². The van der Waals surface area contributed by atoms with E-state index in [-0.39, 0.29) is 6.03 Å². The number of carbonyl (C=O) groups excluding carboxylic acids is 1. The fourth-order valence-electron chi connectivity index (χ4n) is 0.939. The van der Waals surface area contributed by atoms with E-state index in [9.17, 15) is 4.79 Å². The number of urea groups is 1. The van der Waals surface area contributed by atoms with Crippen LogP contribution in [0.5, 0.6) is 5.75 Å². The van der Waals surface area contributed by atoms with Crippen molar-refractivity contribution >= 4 is 6.03 Å². The van der Waals surface area contributed by atoms with Gasteiger partial charge in [0.2, 0.25) is 0 Å². The number of benzene rings is 1. The second kappa shape index (κ2) is 5.85. The molecular weight excluding hydrogens is 180 g/mol. The highest BCUT2D eigenvalue weighted by molar-refractivity contribution is 5.73. The topological polar surface area (TPSA) is 50.4 Å². The monoisotopic (exact) mass is 194 g/mol. The zero-order chi connectivity index (χ0) is 10.2. The Morgan fingerprint density at radius 3 is 2.71 bits per heavy atom. The van der Waals surface area contributed by atoms with Gasteiger partial charge in [-0.1, -0.05) is 18.2 Å². The molecule has 0 heterocycles. The van der Waals surface area contributed by atoms with Gasteiger partial charge in [-0.3, -0.25) is 0 Å². The molecule has 2 N–H and O–H groups in total. The molecule has 76 valence electrons. The zero-order valence-electron chi connectivity index (χ0n) is 8.12. The molecule has 1 aromatic carbocycles. The number of carbonyl (C=O) groups is 1. The molecule has 0 saturated carbocycles. The summed E-state index contributed by atoms with van der Waals surface area (Å²) >= 11 is 0. The minimum Gasteiger partial charge on any atom is -0.492 e. The second-order valence-electron chi connectivity index (χ2n) is 2.67. The van der Waals surface area contributed by atoms with Gasteiger partial charge >= 0.3 is 6.03 Å². The van der Waals surface area contributed by atoms with Crippen LogP contribution in [0.3, 0.4) is 0 Å². The molecular formula is C10H14N2O2. The minimum atomic E-state index is -0.193. The van der Waals surface area contributed by atoms with E-state index in [1.54, 1.807) is 7.05 Å². The molecule has 2 amide bonds. The highest BCUT2D eigenvalue weighted by Gasteiger charge is 1.94. The van der Waals surface area contributed by atoms with E-state index in [0.29, 0.717) is 13.2 Å². The number of para-hydroxylation sites is 1. The Hall–Kier alpha value is -1.71. The van der Waals surface area contributed by atoms with Crippen LogP contribution < -0.4 is 15.4 Å². The average Bonchev–Trinajstić information content (AvgIpc) is 2.25. The zero-order valence-corrected chi connectivity index (χ0v) is 8.12. The maximum Gasteiger partial charge on any atom is 0.314 e. The van der Waals surface area contributed by atoms with Crippen molar-refractivity contribution in [2.75, 3.05) is 20.2 Å². The average molecular weight is 194 g/mol. The van der Waals surface area contributed by atoms with Gasteiger partial charge in [-0.05, 0) is 12.1 Å². The first kappa shape index (κ1) is 10.4. The fraction of sp³-hybridized carbons (Fsp3) is 0.300. The molecule has 0 aromatic heterocycles. The molecule has 0 fully saturated rings. The number of nitrogens with one attached hydrogen (secondary N) is 2. The van der Waals surface area contributed by atoms with Crippen molar-refractivity contribution in [2.24, 2.45) is 0 Å². The molecule has 1 aromatic rings. The molecule has 0 spiro atoms. The normalized spacial score (nSPS) is 9.21. The summed E-state index contributed by atoms with van der Waals surface area (Å²) in [5.41, 5.74) is 0. The Morgan fingerprint density at radius 2 is 2.07 bits per heavy atom. The molecule has 4 heteroatoms. The van der Waals surface area contributed by atoms with Crippen LogP contribution in [0.25, 0.3) is 0 Å². The Kier molecular flexibility index (Phi) is 4.34. The van der Waals surface area contributed by atoms with Gasteiger partial charge in [0.1, 0.15) is 12.4 Å². The lowest BCUT2D eigenvalue weighted by Gasteiger charge is -2.06. The number of hydrogen-bond acceptors (Lipinski definition) is 2. The van der Waals surface area contributed by atoms with Gasteiger partial charge in [-0.15, -0.1) is 0 Å². The van der Waals surface area contributed by atoms with E-state index in [1.165, 1.54) is 0 Å². The molecule has 0 aliphatic rings. The predicted octanol–water partition coefficient (Wildman–Crippen LogP) is 0.994. The molecule has 0 radical (unpaired) electrons. The number of amides is 2.